The first-order valence-corrected chi connectivity index (χ1v) is 8.04. The summed E-state index contributed by atoms with van der Waals surface area (Å²) in [5.74, 6) is -0.195. The Hall–Kier alpha value is -1.10. The van der Waals surface area contributed by atoms with Crippen LogP contribution in [-0.2, 0) is 19.1 Å². The second-order valence-electron chi connectivity index (χ2n) is 4.55. The fourth-order valence-corrected chi connectivity index (χ4v) is 1.71. The molecule has 0 heterocycles. The van der Waals surface area contributed by atoms with Gasteiger partial charge in [0.15, 0.2) is 0 Å². The Balaban J connectivity index is 0. The molecule has 0 aromatic heterocycles. The summed E-state index contributed by atoms with van der Waals surface area (Å²) in [6.07, 6.45) is 7.18. The van der Waals surface area contributed by atoms with Crippen LogP contribution in [0.4, 0.5) is 0 Å². The molecule has 0 atom stereocenters. The average molecular weight is 304 g/mol. The third-order valence-electron chi connectivity index (χ3n) is 2.62. The van der Waals surface area contributed by atoms with E-state index >= 15 is 0 Å². The summed E-state index contributed by atoms with van der Waals surface area (Å²) < 4.78 is 9.69. The van der Waals surface area contributed by atoms with E-state index in [-0.39, 0.29) is 18.5 Å². The van der Waals surface area contributed by atoms with E-state index in [9.17, 15) is 9.59 Å². The molecular formula is C16H32O5. The van der Waals surface area contributed by atoms with E-state index in [1.54, 1.807) is 6.92 Å². The first-order chi connectivity index (χ1) is 10.1. The number of carbonyl (C=O) groups excluding carboxylic acids is 2. The Labute approximate surface area is 129 Å². The van der Waals surface area contributed by atoms with Crippen LogP contribution in [0, 0.1) is 0 Å². The lowest BCUT2D eigenvalue weighted by Crippen LogP contribution is -2.03. The molecule has 5 heteroatoms. The summed E-state index contributed by atoms with van der Waals surface area (Å²) in [6.45, 7) is 6.50. The molecule has 0 amide bonds. The highest BCUT2D eigenvalue weighted by Gasteiger charge is 2.02. The van der Waals surface area contributed by atoms with Crippen LogP contribution in [-0.4, -0.2) is 36.9 Å². The number of hydrogen-bond donors (Lipinski definition) is 1. The van der Waals surface area contributed by atoms with Gasteiger partial charge in [-0.05, 0) is 33.6 Å². The van der Waals surface area contributed by atoms with Crippen LogP contribution in [0.5, 0.6) is 0 Å². The van der Waals surface area contributed by atoms with Gasteiger partial charge in [-0.15, -0.1) is 0 Å². The van der Waals surface area contributed by atoms with E-state index in [1.165, 1.54) is 0 Å². The van der Waals surface area contributed by atoms with Gasteiger partial charge in [-0.1, -0.05) is 25.7 Å². The molecule has 0 aromatic rings. The minimum atomic E-state index is -0.0974. The maximum atomic E-state index is 11.0. The van der Waals surface area contributed by atoms with Crippen LogP contribution >= 0.6 is 0 Å². The Bertz CT molecular complexity index is 217. The predicted octanol–water partition coefficient (Wildman–Crippen LogP) is 3.23. The van der Waals surface area contributed by atoms with Crippen molar-refractivity contribution in [3.63, 3.8) is 0 Å². The van der Waals surface area contributed by atoms with Crippen molar-refractivity contribution < 1.29 is 24.2 Å². The van der Waals surface area contributed by atoms with Gasteiger partial charge in [0.1, 0.15) is 0 Å². The van der Waals surface area contributed by atoms with Crippen LogP contribution in [0.2, 0.25) is 0 Å². The average Bonchev–Trinajstić information content (AvgIpc) is 2.43. The van der Waals surface area contributed by atoms with Crippen molar-refractivity contribution in [2.24, 2.45) is 0 Å². The first-order valence-electron chi connectivity index (χ1n) is 8.04. The highest BCUT2D eigenvalue weighted by Crippen LogP contribution is 2.09. The van der Waals surface area contributed by atoms with Crippen LogP contribution in [0.15, 0.2) is 0 Å². The van der Waals surface area contributed by atoms with Gasteiger partial charge in [-0.3, -0.25) is 9.59 Å². The highest BCUT2D eigenvalue weighted by molar-refractivity contribution is 5.69. The molecule has 0 fully saturated rings. The molecule has 0 saturated carbocycles. The highest BCUT2D eigenvalue weighted by atomic mass is 16.5. The van der Waals surface area contributed by atoms with Gasteiger partial charge in [-0.2, -0.15) is 0 Å². The van der Waals surface area contributed by atoms with E-state index in [0.29, 0.717) is 26.1 Å². The molecule has 0 saturated heterocycles. The molecule has 0 aromatic carbocycles. The number of carbonyl (C=O) groups is 2. The SMILES string of the molecule is CCO.CCOC(=O)CCCCCCCCC(=O)OCC. The second-order valence-corrected chi connectivity index (χ2v) is 4.55. The first kappa shape index (κ1) is 22.2. The zero-order valence-electron chi connectivity index (χ0n) is 13.9. The van der Waals surface area contributed by atoms with Gasteiger partial charge in [0.05, 0.1) is 13.2 Å². The third kappa shape index (κ3) is 21.4. The van der Waals surface area contributed by atoms with E-state index < -0.39 is 0 Å². The molecule has 0 aliphatic rings. The van der Waals surface area contributed by atoms with E-state index in [4.69, 9.17) is 14.6 Å². The molecule has 0 radical (unpaired) electrons. The van der Waals surface area contributed by atoms with Crippen molar-refractivity contribution in [3.8, 4) is 0 Å². The number of aliphatic hydroxyl groups excluding tert-OH is 1. The van der Waals surface area contributed by atoms with E-state index in [2.05, 4.69) is 0 Å². The molecule has 1 N–H and O–H groups in total. The van der Waals surface area contributed by atoms with Crippen LogP contribution in [0.1, 0.15) is 72.1 Å². The number of hydrogen-bond acceptors (Lipinski definition) is 5. The fourth-order valence-electron chi connectivity index (χ4n) is 1.71. The quantitative estimate of drug-likeness (QED) is 0.468. The van der Waals surface area contributed by atoms with Gasteiger partial charge < -0.3 is 14.6 Å². The number of esters is 2. The molecule has 0 bridgehead atoms. The topological polar surface area (TPSA) is 72.8 Å². The summed E-state index contributed by atoms with van der Waals surface area (Å²) in [4.78, 5) is 22.1. The van der Waals surface area contributed by atoms with Gasteiger partial charge in [0.2, 0.25) is 0 Å². The number of aliphatic hydroxyl groups is 1. The largest absolute Gasteiger partial charge is 0.466 e. The molecule has 0 unspecified atom stereocenters. The molecule has 0 aliphatic heterocycles. The lowest BCUT2D eigenvalue weighted by Gasteiger charge is -2.03. The molecule has 0 rings (SSSR count). The predicted molar refractivity (Wildman–Crippen MR) is 83.0 cm³/mol. The molecule has 0 aliphatic carbocycles. The lowest BCUT2D eigenvalue weighted by atomic mass is 10.1. The monoisotopic (exact) mass is 304 g/mol. The lowest BCUT2D eigenvalue weighted by molar-refractivity contribution is -0.144. The molecule has 21 heavy (non-hydrogen) atoms. The molecule has 5 nitrogen and oxygen atoms in total. The Morgan fingerprint density at radius 2 is 1.00 bits per heavy atom. The van der Waals surface area contributed by atoms with Crippen molar-refractivity contribution in [1.29, 1.82) is 0 Å². The Morgan fingerprint density at radius 3 is 1.29 bits per heavy atom. The number of rotatable bonds is 11. The van der Waals surface area contributed by atoms with Gasteiger partial charge >= 0.3 is 11.9 Å². The fraction of sp³-hybridized carbons (Fsp3) is 0.875. The Morgan fingerprint density at radius 1 is 0.714 bits per heavy atom. The third-order valence-corrected chi connectivity index (χ3v) is 2.62. The van der Waals surface area contributed by atoms with Crippen molar-refractivity contribution in [3.05, 3.63) is 0 Å². The summed E-state index contributed by atoms with van der Waals surface area (Å²) in [7, 11) is 0. The summed E-state index contributed by atoms with van der Waals surface area (Å²) >= 11 is 0. The Kier molecular flexibility index (Phi) is 20.0. The summed E-state index contributed by atoms with van der Waals surface area (Å²) in [6, 6.07) is 0. The minimum Gasteiger partial charge on any atom is -0.466 e. The zero-order chi connectivity index (χ0) is 16.3. The van der Waals surface area contributed by atoms with Crippen molar-refractivity contribution in [1.82, 2.24) is 0 Å². The molecule has 0 spiro atoms. The number of ether oxygens (including phenoxy) is 2. The maximum Gasteiger partial charge on any atom is 0.305 e. The van der Waals surface area contributed by atoms with Crippen LogP contribution in [0.3, 0.4) is 0 Å². The molecular weight excluding hydrogens is 272 g/mol. The van der Waals surface area contributed by atoms with Crippen molar-refractivity contribution >= 4 is 11.9 Å². The van der Waals surface area contributed by atoms with Crippen molar-refractivity contribution in [2.75, 3.05) is 19.8 Å². The van der Waals surface area contributed by atoms with Crippen molar-refractivity contribution in [2.45, 2.75) is 72.1 Å². The van der Waals surface area contributed by atoms with Gasteiger partial charge in [0.25, 0.3) is 0 Å². The van der Waals surface area contributed by atoms with Gasteiger partial charge in [0, 0.05) is 19.4 Å². The summed E-state index contributed by atoms with van der Waals surface area (Å²) in [5.41, 5.74) is 0. The number of unbranched alkanes of at least 4 members (excludes halogenated alkanes) is 5. The van der Waals surface area contributed by atoms with Crippen LogP contribution < -0.4 is 0 Å². The normalized spacial score (nSPS) is 9.52. The smallest absolute Gasteiger partial charge is 0.305 e. The maximum absolute atomic E-state index is 11.0. The zero-order valence-corrected chi connectivity index (χ0v) is 13.9. The second kappa shape index (κ2) is 18.9. The van der Waals surface area contributed by atoms with E-state index in [1.807, 2.05) is 13.8 Å². The standard InChI is InChI=1S/C14H26O4.C2H6O/c1-3-17-13(15)11-9-7-5-6-8-10-12-14(16)18-4-2;1-2-3/h3-12H2,1-2H3;3H,2H2,1H3. The van der Waals surface area contributed by atoms with Crippen LogP contribution in [0.25, 0.3) is 0 Å². The minimum absolute atomic E-state index is 0.0974. The van der Waals surface area contributed by atoms with E-state index in [0.717, 1.165) is 38.5 Å². The molecule has 126 valence electrons. The van der Waals surface area contributed by atoms with Gasteiger partial charge in [-0.25, -0.2) is 0 Å². The summed E-state index contributed by atoms with van der Waals surface area (Å²) in [5, 5.41) is 7.57.